The summed E-state index contributed by atoms with van der Waals surface area (Å²) in [6, 6.07) is 16.2. The molecule has 0 heterocycles. The first kappa shape index (κ1) is 23.4. The number of hydrogen-bond donors (Lipinski definition) is 1. The van der Waals surface area contributed by atoms with Crippen LogP contribution in [0.3, 0.4) is 0 Å². The Kier molecular flexibility index (Phi) is 8.58. The second-order valence-electron chi connectivity index (χ2n) is 6.73. The Hall–Kier alpha value is -2.28. The zero-order valence-electron chi connectivity index (χ0n) is 17.4. The largest absolute Gasteiger partial charge is 0.496 e. The van der Waals surface area contributed by atoms with Gasteiger partial charge >= 0.3 is 0 Å². The Morgan fingerprint density at radius 3 is 2.42 bits per heavy atom. The van der Waals surface area contributed by atoms with Crippen molar-refractivity contribution in [2.24, 2.45) is 0 Å². The van der Waals surface area contributed by atoms with Crippen LogP contribution in [0.15, 0.2) is 59.1 Å². The standard InChI is InChI=1S/C24H24BrClFNO3/c1-3-30-23-11-17(14-28-13-16-7-4-5-10-22(16)29-2)19(25)12-24(23)31-15-18-20(26)8-6-9-21(18)27/h4-12,28H,3,13-15H2,1-2H3. The molecule has 0 saturated carbocycles. The maximum absolute atomic E-state index is 14.1. The lowest BCUT2D eigenvalue weighted by Crippen LogP contribution is -2.14. The third-order valence-electron chi connectivity index (χ3n) is 4.67. The first-order valence-electron chi connectivity index (χ1n) is 9.87. The zero-order chi connectivity index (χ0) is 22.2. The van der Waals surface area contributed by atoms with Crippen molar-refractivity contribution in [2.45, 2.75) is 26.6 Å². The number of para-hydroxylation sites is 1. The van der Waals surface area contributed by atoms with Crippen molar-refractivity contribution in [3.8, 4) is 17.2 Å². The van der Waals surface area contributed by atoms with Gasteiger partial charge in [0.15, 0.2) is 11.5 Å². The third-order valence-corrected chi connectivity index (χ3v) is 5.76. The number of benzene rings is 3. The summed E-state index contributed by atoms with van der Waals surface area (Å²) in [6.07, 6.45) is 0. The quantitative estimate of drug-likeness (QED) is 0.338. The number of nitrogens with one attached hydrogen (secondary N) is 1. The van der Waals surface area contributed by atoms with E-state index in [1.165, 1.54) is 6.07 Å². The minimum atomic E-state index is -0.401. The summed E-state index contributed by atoms with van der Waals surface area (Å²) in [5.74, 6) is 1.55. The lowest BCUT2D eigenvalue weighted by atomic mass is 10.1. The minimum Gasteiger partial charge on any atom is -0.496 e. The molecule has 0 fully saturated rings. The van der Waals surface area contributed by atoms with Gasteiger partial charge in [-0.2, -0.15) is 0 Å². The molecular formula is C24H24BrClFNO3. The van der Waals surface area contributed by atoms with E-state index in [9.17, 15) is 4.39 Å². The SMILES string of the molecule is CCOc1cc(CNCc2ccccc2OC)c(Br)cc1OCc1c(F)cccc1Cl. The molecule has 0 radical (unpaired) electrons. The molecule has 0 spiro atoms. The third kappa shape index (κ3) is 6.12. The van der Waals surface area contributed by atoms with E-state index in [0.29, 0.717) is 41.8 Å². The average molecular weight is 509 g/mol. The van der Waals surface area contributed by atoms with Crippen LogP contribution in [0.25, 0.3) is 0 Å². The van der Waals surface area contributed by atoms with Crippen molar-refractivity contribution in [1.82, 2.24) is 5.32 Å². The van der Waals surface area contributed by atoms with Crippen molar-refractivity contribution >= 4 is 27.5 Å². The molecule has 3 aromatic rings. The fourth-order valence-corrected chi connectivity index (χ4v) is 3.77. The fourth-order valence-electron chi connectivity index (χ4n) is 3.09. The van der Waals surface area contributed by atoms with Gasteiger partial charge in [-0.25, -0.2) is 4.39 Å². The molecular weight excluding hydrogens is 485 g/mol. The lowest BCUT2D eigenvalue weighted by molar-refractivity contribution is 0.265. The summed E-state index contributed by atoms with van der Waals surface area (Å²) in [6.45, 7) is 3.65. The molecule has 3 aromatic carbocycles. The van der Waals surface area contributed by atoms with Crippen LogP contribution in [-0.2, 0) is 19.7 Å². The smallest absolute Gasteiger partial charge is 0.162 e. The molecule has 164 valence electrons. The van der Waals surface area contributed by atoms with Gasteiger partial charge in [-0.05, 0) is 42.8 Å². The number of halogens is 3. The molecule has 1 N–H and O–H groups in total. The van der Waals surface area contributed by atoms with E-state index in [0.717, 1.165) is 21.3 Å². The molecule has 4 nitrogen and oxygen atoms in total. The molecule has 0 aromatic heterocycles. The molecule has 0 bridgehead atoms. The fraction of sp³-hybridized carbons (Fsp3) is 0.250. The van der Waals surface area contributed by atoms with Gasteiger partial charge < -0.3 is 19.5 Å². The molecule has 31 heavy (non-hydrogen) atoms. The molecule has 0 aliphatic rings. The zero-order valence-corrected chi connectivity index (χ0v) is 19.7. The summed E-state index contributed by atoms with van der Waals surface area (Å²) >= 11 is 9.71. The molecule has 0 saturated heterocycles. The normalized spacial score (nSPS) is 10.7. The van der Waals surface area contributed by atoms with Crippen LogP contribution < -0.4 is 19.5 Å². The van der Waals surface area contributed by atoms with Crippen LogP contribution in [0.4, 0.5) is 4.39 Å². The topological polar surface area (TPSA) is 39.7 Å². The van der Waals surface area contributed by atoms with Gasteiger partial charge in [0.2, 0.25) is 0 Å². The summed E-state index contributed by atoms with van der Waals surface area (Å²) < 4.78 is 31.9. The summed E-state index contributed by atoms with van der Waals surface area (Å²) in [7, 11) is 1.66. The first-order valence-corrected chi connectivity index (χ1v) is 11.0. The maximum atomic E-state index is 14.1. The highest BCUT2D eigenvalue weighted by Gasteiger charge is 2.14. The Morgan fingerprint density at radius 2 is 1.68 bits per heavy atom. The molecule has 0 unspecified atom stereocenters. The van der Waals surface area contributed by atoms with Gasteiger partial charge in [-0.3, -0.25) is 0 Å². The Bertz CT molecular complexity index is 1010. The highest BCUT2D eigenvalue weighted by Crippen LogP contribution is 2.35. The van der Waals surface area contributed by atoms with Gasteiger partial charge in [0.25, 0.3) is 0 Å². The van der Waals surface area contributed by atoms with E-state index in [2.05, 4.69) is 21.2 Å². The van der Waals surface area contributed by atoms with Crippen LogP contribution >= 0.6 is 27.5 Å². The first-order chi connectivity index (χ1) is 15.0. The van der Waals surface area contributed by atoms with Crippen molar-refractivity contribution in [3.63, 3.8) is 0 Å². The number of ether oxygens (including phenoxy) is 3. The molecule has 0 atom stereocenters. The van der Waals surface area contributed by atoms with Crippen LogP contribution in [0.5, 0.6) is 17.2 Å². The van der Waals surface area contributed by atoms with Gasteiger partial charge in [-0.1, -0.05) is 51.8 Å². The average Bonchev–Trinajstić information content (AvgIpc) is 2.76. The van der Waals surface area contributed by atoms with Crippen molar-refractivity contribution < 1.29 is 18.6 Å². The number of hydrogen-bond acceptors (Lipinski definition) is 4. The lowest BCUT2D eigenvalue weighted by Gasteiger charge is -2.16. The minimum absolute atomic E-state index is 0.00339. The molecule has 0 aliphatic heterocycles. The van der Waals surface area contributed by atoms with Crippen LogP contribution in [-0.4, -0.2) is 13.7 Å². The van der Waals surface area contributed by atoms with E-state index in [1.54, 1.807) is 19.2 Å². The molecule has 0 aliphatic carbocycles. The summed E-state index contributed by atoms with van der Waals surface area (Å²) in [4.78, 5) is 0. The highest BCUT2D eigenvalue weighted by atomic mass is 79.9. The van der Waals surface area contributed by atoms with E-state index in [-0.39, 0.29) is 6.61 Å². The van der Waals surface area contributed by atoms with Crippen molar-refractivity contribution in [2.75, 3.05) is 13.7 Å². The van der Waals surface area contributed by atoms with Crippen LogP contribution in [0.1, 0.15) is 23.6 Å². The molecule has 0 amide bonds. The van der Waals surface area contributed by atoms with Crippen LogP contribution in [0.2, 0.25) is 5.02 Å². The Balaban J connectivity index is 1.72. The predicted molar refractivity (Wildman–Crippen MR) is 125 cm³/mol. The van der Waals surface area contributed by atoms with Gasteiger partial charge in [0.05, 0.1) is 18.7 Å². The van der Waals surface area contributed by atoms with Crippen molar-refractivity contribution in [1.29, 1.82) is 0 Å². The van der Waals surface area contributed by atoms with Gasteiger partial charge in [0.1, 0.15) is 18.2 Å². The molecule has 7 heteroatoms. The summed E-state index contributed by atoms with van der Waals surface area (Å²) in [5.41, 5.74) is 2.40. The van der Waals surface area contributed by atoms with Crippen LogP contribution in [0, 0.1) is 5.82 Å². The van der Waals surface area contributed by atoms with Crippen molar-refractivity contribution in [3.05, 3.63) is 86.6 Å². The summed E-state index contributed by atoms with van der Waals surface area (Å²) in [5, 5.41) is 3.75. The van der Waals surface area contributed by atoms with E-state index in [1.807, 2.05) is 43.3 Å². The second-order valence-corrected chi connectivity index (χ2v) is 7.99. The Labute approximate surface area is 195 Å². The molecule has 3 rings (SSSR count). The van der Waals surface area contributed by atoms with E-state index in [4.69, 9.17) is 25.8 Å². The monoisotopic (exact) mass is 507 g/mol. The van der Waals surface area contributed by atoms with Gasteiger partial charge in [-0.15, -0.1) is 0 Å². The van der Waals surface area contributed by atoms with Gasteiger partial charge in [0, 0.05) is 28.7 Å². The Morgan fingerprint density at radius 1 is 0.935 bits per heavy atom. The predicted octanol–water partition coefficient (Wildman–Crippen LogP) is 6.52. The number of rotatable bonds is 10. The number of methoxy groups -OCH3 is 1. The van der Waals surface area contributed by atoms with E-state index < -0.39 is 5.82 Å². The van der Waals surface area contributed by atoms with E-state index >= 15 is 0 Å². The second kappa shape index (κ2) is 11.4. The maximum Gasteiger partial charge on any atom is 0.162 e. The highest BCUT2D eigenvalue weighted by molar-refractivity contribution is 9.10.